The number of rotatable bonds is 17. The lowest BCUT2D eigenvalue weighted by atomic mass is 9.77. The molecule has 0 unspecified atom stereocenters. The summed E-state index contributed by atoms with van der Waals surface area (Å²) in [4.78, 5) is 184. The lowest BCUT2D eigenvalue weighted by Crippen LogP contribution is -2.61. The zero-order valence-electron chi connectivity index (χ0n) is 61.5. The van der Waals surface area contributed by atoms with Gasteiger partial charge in [0.15, 0.2) is 10.7 Å². The van der Waals surface area contributed by atoms with Crippen molar-refractivity contribution in [2.24, 2.45) is 5.73 Å². The number of nitrogens with two attached hydrogens (primary N) is 1. The van der Waals surface area contributed by atoms with Crippen LogP contribution in [0, 0.1) is 0 Å². The number of nitrogens with one attached hydrogen (secondary N) is 6. The molecule has 3 aromatic rings. The summed E-state index contributed by atoms with van der Waals surface area (Å²) in [6.07, 6.45) is 10.4. The van der Waals surface area contributed by atoms with E-state index in [2.05, 4.69) is 44.1 Å². The number of phenolic OH excluding ortho intramolecular Hbond substituents is 2. The number of carboxylic acid groups (broad SMARTS) is 2. The normalized spacial score (nSPS) is 23.1. The summed E-state index contributed by atoms with van der Waals surface area (Å²) >= 11 is 5.69. The Morgan fingerprint density at radius 3 is 1.84 bits per heavy atom. The average molecular weight is 1530 g/mol. The Kier molecular flexibility index (Phi) is 29.2. The number of unbranched alkanes of at least 4 members (excludes halogenated alkanes) is 1. The molecule has 0 aliphatic carbocycles. The Morgan fingerprint density at radius 2 is 1.23 bits per heavy atom. The van der Waals surface area contributed by atoms with E-state index in [1.807, 2.05) is 0 Å². The van der Waals surface area contributed by atoms with Crippen LogP contribution in [0.3, 0.4) is 0 Å². The fourth-order valence-electron chi connectivity index (χ4n) is 15.0. The molecule has 0 aromatic heterocycles. The molecule has 3 fully saturated rings. The van der Waals surface area contributed by atoms with Gasteiger partial charge in [0.05, 0.1) is 24.8 Å². The number of aliphatic carboxylic acids is 2. The van der Waals surface area contributed by atoms with Crippen LogP contribution in [0.5, 0.6) is 23.0 Å². The van der Waals surface area contributed by atoms with Crippen LogP contribution in [-0.4, -0.2) is 233 Å². The molecule has 1 spiro atoms. The first-order valence-electron chi connectivity index (χ1n) is 37.7. The lowest BCUT2D eigenvalue weighted by Gasteiger charge is -2.36. The fourth-order valence-corrected chi connectivity index (χ4v) is 15.2. The van der Waals surface area contributed by atoms with Crippen molar-refractivity contribution in [2.45, 2.75) is 216 Å². The Balaban J connectivity index is 0.861. The van der Waals surface area contributed by atoms with E-state index in [9.17, 15) is 87.9 Å². The van der Waals surface area contributed by atoms with E-state index in [1.165, 1.54) is 62.6 Å². The van der Waals surface area contributed by atoms with Gasteiger partial charge in [-0.25, -0.2) is 4.79 Å². The van der Waals surface area contributed by atoms with Crippen molar-refractivity contribution >= 4 is 100.0 Å². The van der Waals surface area contributed by atoms with Crippen molar-refractivity contribution in [3.8, 4) is 23.0 Å². The summed E-state index contributed by atoms with van der Waals surface area (Å²) < 4.78 is 12.3. The van der Waals surface area contributed by atoms with Crippen molar-refractivity contribution in [3.05, 3.63) is 89.0 Å². The van der Waals surface area contributed by atoms with Crippen LogP contribution >= 0.6 is 12.2 Å². The molecule has 10 amide bonds. The molecule has 6 aliphatic rings. The zero-order chi connectivity index (χ0) is 78.6. The highest BCUT2D eigenvalue weighted by molar-refractivity contribution is 7.80. The summed E-state index contributed by atoms with van der Waals surface area (Å²) in [5.74, 6) is -10.1. The maximum absolute atomic E-state index is 14.6. The second kappa shape index (κ2) is 38.6. The van der Waals surface area contributed by atoms with Crippen LogP contribution in [-0.2, 0) is 67.9 Å². The number of benzene rings is 3. The molecule has 8 atom stereocenters. The number of primary amides is 1. The molecule has 0 bridgehead atoms. The number of aliphatic hydroxyl groups is 1. The largest absolute Gasteiger partial charge is 0.508 e. The zero-order valence-corrected chi connectivity index (χ0v) is 62.3. The predicted octanol–water partition coefficient (Wildman–Crippen LogP) is 3.78. The molecule has 33 heteroatoms. The fraction of sp³-hybridized carbons (Fsp3) is 0.553. The standard InChI is InChI=1S/C76H100N12O20S/c1-45-70(102)87-38-19-22-58(87)73(105)88-39-18-21-57(88)72(104)85(44-62(93)81-54(67(77)99)30-32-64(95)96)36-16-12-10-8-6-4-3-5-7-9-11-15-35-84(43-61(92)82-55(31-33-65(97)98)71(103)86-37-17-20-56(86)68(100)83-66(46(2)89)69(101)79-45)63(94)23-13-14-34-78-75(109)80-47-24-27-50-53(40-47)76(108-74(50)106)51-28-25-48(90)41-59(51)107-60-42-49(91)26-29-52(60)76/h3-4,24-29,40-42,45-46,54-58,66,89-91H,5-23,30-39,43-44H2,1-2H3,(H2,77,99)(H,79,101)(H,81,93)(H,82,92)(H,83,100)(H,95,96)(H,97,98)(H2,78,80,109)/b4-3-/t45-,46+,54-,55-,56-,57-,58-,66-/m0/s1. The number of amides is 10. The molecule has 3 aromatic carbocycles. The van der Waals surface area contributed by atoms with Crippen LogP contribution in [0.15, 0.2) is 66.7 Å². The van der Waals surface area contributed by atoms with E-state index in [0.717, 1.165) is 38.5 Å². The second-order valence-electron chi connectivity index (χ2n) is 28.6. The topological polar surface area (TPSA) is 456 Å². The number of carbonyl (C=O) groups is 13. The molecule has 32 nitrogen and oxygen atoms in total. The maximum atomic E-state index is 14.6. The number of hydrogen-bond acceptors (Lipinski definition) is 19. The number of ether oxygens (including phenoxy) is 2. The molecular weight excluding hydrogens is 1430 g/mol. The summed E-state index contributed by atoms with van der Waals surface area (Å²) in [6, 6.07) is 4.71. The molecule has 13 N–H and O–H groups in total. The van der Waals surface area contributed by atoms with E-state index in [0.29, 0.717) is 80.3 Å². The molecular formula is C76H100N12O20S. The van der Waals surface area contributed by atoms with Gasteiger partial charge < -0.3 is 97.1 Å². The number of aromatic hydroxyl groups is 2. The van der Waals surface area contributed by atoms with Gasteiger partial charge in [-0.15, -0.1) is 0 Å². The number of hydrogen-bond donors (Lipinski definition) is 12. The van der Waals surface area contributed by atoms with Gasteiger partial charge in [0, 0.05) is 93.0 Å². The molecule has 109 heavy (non-hydrogen) atoms. The first-order valence-corrected chi connectivity index (χ1v) is 38.1. The second-order valence-corrected chi connectivity index (χ2v) is 29.0. The molecule has 0 radical (unpaired) electrons. The van der Waals surface area contributed by atoms with E-state index in [1.54, 1.807) is 30.3 Å². The number of aliphatic hydroxyl groups excluding tert-OH is 1. The van der Waals surface area contributed by atoms with E-state index >= 15 is 0 Å². The summed E-state index contributed by atoms with van der Waals surface area (Å²) in [5, 5.41) is 67.5. The summed E-state index contributed by atoms with van der Waals surface area (Å²) in [5.41, 5.74) is 6.11. The van der Waals surface area contributed by atoms with Gasteiger partial charge in [0.1, 0.15) is 65.3 Å². The minimum absolute atomic E-state index is 0.00458. The van der Waals surface area contributed by atoms with Gasteiger partial charge in [-0.3, -0.25) is 57.5 Å². The third-order valence-electron chi connectivity index (χ3n) is 20.6. The number of allylic oxidation sites excluding steroid dienone is 2. The number of carboxylic acids is 2. The van der Waals surface area contributed by atoms with Crippen LogP contribution in [0.4, 0.5) is 5.69 Å². The molecule has 590 valence electrons. The van der Waals surface area contributed by atoms with E-state index in [4.69, 9.17) is 27.4 Å². The minimum Gasteiger partial charge on any atom is -0.508 e. The highest BCUT2D eigenvalue weighted by atomic mass is 32.1. The third kappa shape index (κ3) is 21.3. The Labute approximate surface area is 636 Å². The highest BCUT2D eigenvalue weighted by Gasteiger charge is 2.54. The minimum atomic E-state index is -1.69. The monoisotopic (exact) mass is 1530 g/mol. The van der Waals surface area contributed by atoms with Crippen LogP contribution in [0.1, 0.15) is 189 Å². The van der Waals surface area contributed by atoms with Gasteiger partial charge in [0.25, 0.3) is 0 Å². The highest BCUT2D eigenvalue weighted by Crippen LogP contribution is 2.57. The molecule has 3 saturated heterocycles. The van der Waals surface area contributed by atoms with E-state index in [-0.39, 0.29) is 117 Å². The molecule has 6 aliphatic heterocycles. The molecule has 9 rings (SSSR count). The Bertz CT molecular complexity index is 3900. The third-order valence-corrected chi connectivity index (χ3v) is 20.9. The Morgan fingerprint density at radius 1 is 0.642 bits per heavy atom. The number of carbonyl (C=O) groups excluding carboxylic acids is 11. The van der Waals surface area contributed by atoms with Gasteiger partial charge in [-0.05, 0) is 171 Å². The number of nitrogens with zero attached hydrogens (tertiary/aromatic N) is 5. The van der Waals surface area contributed by atoms with Crippen LogP contribution in [0.2, 0.25) is 0 Å². The van der Waals surface area contributed by atoms with Gasteiger partial charge >= 0.3 is 17.9 Å². The van der Waals surface area contributed by atoms with Gasteiger partial charge in [-0.1, -0.05) is 37.8 Å². The quantitative estimate of drug-likeness (QED) is 0.0396. The molecule has 0 saturated carbocycles. The van der Waals surface area contributed by atoms with Crippen molar-refractivity contribution in [3.63, 3.8) is 0 Å². The van der Waals surface area contributed by atoms with Crippen molar-refractivity contribution < 1.29 is 97.3 Å². The number of phenols is 2. The number of esters is 1. The SMILES string of the molecule is C[C@@H]1NC(=O)[C@H]([C@@H](C)O)NC(=O)[C@@H]2CCCN2C(=O)[C@H](CCC(=O)O)NC(=O)CN(C(=O)CCCCNC(=S)Nc2ccc3c(c2)C2(OC3=O)c3ccc(O)cc3Oc3cc(O)ccc32)CCCCCC/C=C\CCCCCCN(CC(=O)N[C@@H](CCC(=O)O)C(N)=O)C(=O)[C@@H]2CCCN2C(=O)[C@@H]2CCCN2C1=O. The average Bonchev–Trinajstić information content (AvgIpc) is 1.59. The predicted molar refractivity (Wildman–Crippen MR) is 397 cm³/mol. The molecule has 6 heterocycles. The number of fused-ring (bicyclic) bond motifs is 9. The Hall–Kier alpha value is -10.4. The smallest absolute Gasteiger partial charge is 0.340 e. The summed E-state index contributed by atoms with van der Waals surface area (Å²) in [7, 11) is 0. The first kappa shape index (κ1) is 82.6. The lowest BCUT2D eigenvalue weighted by molar-refractivity contribution is -0.150. The van der Waals surface area contributed by atoms with E-state index < -0.39 is 151 Å². The van der Waals surface area contributed by atoms with Crippen LogP contribution in [0.25, 0.3) is 0 Å². The van der Waals surface area contributed by atoms with Crippen LogP contribution < -0.4 is 42.4 Å². The van der Waals surface area contributed by atoms with Gasteiger partial charge in [0.2, 0.25) is 59.1 Å². The van der Waals surface area contributed by atoms with Crippen molar-refractivity contribution in [1.29, 1.82) is 0 Å². The number of anilines is 1. The number of thiocarbonyl (C=S) groups is 1. The maximum Gasteiger partial charge on any atom is 0.340 e. The van der Waals surface area contributed by atoms with Crippen molar-refractivity contribution in [2.75, 3.05) is 57.7 Å². The summed E-state index contributed by atoms with van der Waals surface area (Å²) in [6.45, 7) is 2.41. The van der Waals surface area contributed by atoms with Crippen molar-refractivity contribution in [1.82, 2.24) is 51.1 Å². The first-order chi connectivity index (χ1) is 52.1. The van der Waals surface area contributed by atoms with Gasteiger partial charge in [-0.2, -0.15) is 0 Å².